The van der Waals surface area contributed by atoms with E-state index in [1.54, 1.807) is 42.5 Å². The SMILES string of the molecule is COC1=C2C=C(Cc3cc(=O)oc4c(OC)cccc34)C(=O)OC2Oc2ccc(Cc3cc(=O)oc4cccc(O)c34)cc21. The molecule has 0 saturated carbocycles. The average Bonchev–Trinajstić information content (AvgIpc) is 3.00. The number of aromatic hydroxyl groups is 1. The van der Waals surface area contributed by atoms with Crippen LogP contribution in [0.5, 0.6) is 17.2 Å². The van der Waals surface area contributed by atoms with Crippen LogP contribution >= 0.6 is 0 Å². The van der Waals surface area contributed by atoms with E-state index in [9.17, 15) is 19.5 Å². The van der Waals surface area contributed by atoms with Gasteiger partial charge in [-0.25, -0.2) is 14.4 Å². The van der Waals surface area contributed by atoms with Crippen molar-refractivity contribution in [1.29, 1.82) is 0 Å². The second kappa shape index (κ2) is 10.5. The van der Waals surface area contributed by atoms with E-state index in [0.717, 1.165) is 5.56 Å². The lowest BCUT2D eigenvalue weighted by atomic mass is 9.93. The number of phenols is 1. The van der Waals surface area contributed by atoms with Gasteiger partial charge < -0.3 is 32.9 Å². The number of ether oxygens (including phenoxy) is 4. The molecular formula is C34H24O10. The number of carbonyl (C=O) groups is 1. The molecule has 7 rings (SSSR count). The molecule has 2 aliphatic heterocycles. The number of fused-ring (bicyclic) bond motifs is 4. The molecule has 1 atom stereocenters. The van der Waals surface area contributed by atoms with Crippen LogP contribution < -0.4 is 20.7 Å². The summed E-state index contributed by atoms with van der Waals surface area (Å²) < 4.78 is 33.6. The molecule has 3 aromatic carbocycles. The number of para-hydroxylation sites is 1. The Bertz CT molecular complexity index is 2180. The summed E-state index contributed by atoms with van der Waals surface area (Å²) in [4.78, 5) is 37.7. The predicted molar refractivity (Wildman–Crippen MR) is 159 cm³/mol. The summed E-state index contributed by atoms with van der Waals surface area (Å²) in [5, 5.41) is 11.6. The van der Waals surface area contributed by atoms with Gasteiger partial charge in [0.05, 0.1) is 30.7 Å². The Balaban J connectivity index is 1.29. The normalized spacial score (nSPS) is 15.7. The molecule has 2 aliphatic rings. The zero-order chi connectivity index (χ0) is 30.5. The van der Waals surface area contributed by atoms with Crippen molar-refractivity contribution in [3.05, 3.63) is 127 Å². The second-order valence-corrected chi connectivity index (χ2v) is 10.4. The highest BCUT2D eigenvalue weighted by Gasteiger charge is 2.36. The zero-order valence-corrected chi connectivity index (χ0v) is 23.5. The van der Waals surface area contributed by atoms with E-state index in [-0.39, 0.29) is 17.8 Å². The minimum Gasteiger partial charge on any atom is -0.507 e. The first-order chi connectivity index (χ1) is 21.3. The molecule has 220 valence electrons. The summed E-state index contributed by atoms with van der Waals surface area (Å²) in [6.45, 7) is 0. The van der Waals surface area contributed by atoms with Crippen LogP contribution in [-0.4, -0.2) is 31.6 Å². The number of rotatable bonds is 6. The standard InChI is InChI=1S/C34H24O10/c1-39-27-8-3-5-21-18(15-29(37)43-32(21)27)13-20-14-23-31(40-2)22-12-17(9-10-25(22)42-34(23)44-33(20)38)11-19-16-28(36)41-26-7-4-6-24(35)30(19)26/h3-10,12,14-16,34-35H,11,13H2,1-2H3. The van der Waals surface area contributed by atoms with Crippen LogP contribution in [0.25, 0.3) is 27.7 Å². The molecule has 0 saturated heterocycles. The van der Waals surface area contributed by atoms with Crippen LogP contribution in [-0.2, 0) is 27.1 Å². The van der Waals surface area contributed by atoms with E-state index in [0.29, 0.717) is 67.9 Å². The fourth-order valence-electron chi connectivity index (χ4n) is 5.78. The van der Waals surface area contributed by atoms with Gasteiger partial charge in [-0.2, -0.15) is 0 Å². The maximum absolute atomic E-state index is 13.1. The molecule has 4 heterocycles. The van der Waals surface area contributed by atoms with Crippen molar-refractivity contribution in [2.75, 3.05) is 14.2 Å². The maximum atomic E-state index is 13.1. The van der Waals surface area contributed by atoms with Gasteiger partial charge in [0.2, 0.25) is 0 Å². The molecule has 0 spiro atoms. The van der Waals surface area contributed by atoms with Gasteiger partial charge in [0.25, 0.3) is 6.29 Å². The molecule has 10 nitrogen and oxygen atoms in total. The van der Waals surface area contributed by atoms with Crippen LogP contribution in [0.15, 0.2) is 102 Å². The predicted octanol–water partition coefficient (Wildman–Crippen LogP) is 5.01. The Morgan fingerprint density at radius 2 is 1.61 bits per heavy atom. The summed E-state index contributed by atoms with van der Waals surface area (Å²) in [5.41, 5.74) is 2.88. The quantitative estimate of drug-likeness (QED) is 0.212. The van der Waals surface area contributed by atoms with Gasteiger partial charge in [-0.15, -0.1) is 0 Å². The molecule has 0 fully saturated rings. The number of benzene rings is 3. The second-order valence-electron chi connectivity index (χ2n) is 10.4. The zero-order valence-electron chi connectivity index (χ0n) is 23.5. The molecule has 2 aromatic heterocycles. The Morgan fingerprint density at radius 1 is 0.818 bits per heavy atom. The fraction of sp³-hybridized carbons (Fsp3) is 0.147. The molecular weight excluding hydrogens is 568 g/mol. The Hall–Kier alpha value is -5.77. The third-order valence-corrected chi connectivity index (χ3v) is 7.69. The molecule has 5 aromatic rings. The molecule has 0 aliphatic carbocycles. The number of hydrogen-bond acceptors (Lipinski definition) is 10. The minimum atomic E-state index is -1.03. The van der Waals surface area contributed by atoms with Crippen LogP contribution in [0.2, 0.25) is 0 Å². The van der Waals surface area contributed by atoms with E-state index in [1.807, 2.05) is 12.1 Å². The van der Waals surface area contributed by atoms with E-state index in [1.165, 1.54) is 32.4 Å². The van der Waals surface area contributed by atoms with Gasteiger partial charge in [0.1, 0.15) is 22.8 Å². The Labute approximate surface area is 249 Å². The highest BCUT2D eigenvalue weighted by atomic mass is 16.7. The molecule has 1 N–H and O–H groups in total. The van der Waals surface area contributed by atoms with Crippen molar-refractivity contribution in [2.24, 2.45) is 0 Å². The summed E-state index contributed by atoms with van der Waals surface area (Å²) in [6, 6.07) is 18.2. The first-order valence-corrected chi connectivity index (χ1v) is 13.7. The Kier molecular flexibility index (Phi) is 6.46. The topological polar surface area (TPSA) is 135 Å². The van der Waals surface area contributed by atoms with Gasteiger partial charge in [-0.3, -0.25) is 0 Å². The van der Waals surface area contributed by atoms with Crippen molar-refractivity contribution in [2.45, 2.75) is 19.1 Å². The average molecular weight is 593 g/mol. The van der Waals surface area contributed by atoms with Crippen molar-refractivity contribution in [3.8, 4) is 17.2 Å². The fourth-order valence-corrected chi connectivity index (χ4v) is 5.78. The largest absolute Gasteiger partial charge is 0.507 e. The van der Waals surface area contributed by atoms with Gasteiger partial charge in [0.15, 0.2) is 11.3 Å². The summed E-state index contributed by atoms with van der Waals surface area (Å²) >= 11 is 0. The van der Waals surface area contributed by atoms with Gasteiger partial charge in [0, 0.05) is 29.5 Å². The van der Waals surface area contributed by atoms with Gasteiger partial charge in [-0.05, 0) is 59.5 Å². The summed E-state index contributed by atoms with van der Waals surface area (Å²) in [6.07, 6.45) is 1.03. The summed E-state index contributed by atoms with van der Waals surface area (Å²) in [5.74, 6) is 0.714. The van der Waals surface area contributed by atoms with Crippen LogP contribution in [0.1, 0.15) is 22.3 Å². The lowest BCUT2D eigenvalue weighted by Gasteiger charge is -2.32. The third-order valence-electron chi connectivity index (χ3n) is 7.69. The number of carbonyl (C=O) groups excluding carboxylic acids is 1. The molecule has 44 heavy (non-hydrogen) atoms. The van der Waals surface area contributed by atoms with Crippen molar-refractivity contribution in [1.82, 2.24) is 0 Å². The van der Waals surface area contributed by atoms with Crippen LogP contribution in [0.4, 0.5) is 0 Å². The van der Waals surface area contributed by atoms with E-state index in [2.05, 4.69) is 0 Å². The number of methoxy groups -OCH3 is 2. The maximum Gasteiger partial charge on any atom is 0.337 e. The molecule has 10 heteroatoms. The number of phenolic OH excluding ortho intramolecular Hbond substituents is 1. The van der Waals surface area contributed by atoms with Crippen molar-refractivity contribution < 1.29 is 37.7 Å². The third kappa shape index (κ3) is 4.57. The highest BCUT2D eigenvalue weighted by Crippen LogP contribution is 2.41. The minimum absolute atomic E-state index is 0.00850. The first kappa shape index (κ1) is 27.1. The monoisotopic (exact) mass is 592 g/mol. The number of esters is 1. The van der Waals surface area contributed by atoms with Gasteiger partial charge in [-0.1, -0.05) is 24.3 Å². The molecule has 0 bridgehead atoms. The van der Waals surface area contributed by atoms with Crippen molar-refractivity contribution in [3.63, 3.8) is 0 Å². The first-order valence-electron chi connectivity index (χ1n) is 13.7. The van der Waals surface area contributed by atoms with Crippen LogP contribution in [0.3, 0.4) is 0 Å². The van der Waals surface area contributed by atoms with E-state index < -0.39 is 23.5 Å². The van der Waals surface area contributed by atoms with Gasteiger partial charge >= 0.3 is 17.2 Å². The lowest BCUT2D eigenvalue weighted by Crippen LogP contribution is -2.34. The summed E-state index contributed by atoms with van der Waals surface area (Å²) in [7, 11) is 3.00. The van der Waals surface area contributed by atoms with Crippen molar-refractivity contribution >= 4 is 33.7 Å². The molecule has 1 unspecified atom stereocenters. The molecule has 0 radical (unpaired) electrons. The molecule has 0 amide bonds. The van der Waals surface area contributed by atoms with Crippen LogP contribution in [0, 0.1) is 0 Å². The lowest BCUT2D eigenvalue weighted by molar-refractivity contribution is -0.155. The number of hydrogen-bond donors (Lipinski definition) is 1. The highest BCUT2D eigenvalue weighted by molar-refractivity contribution is 5.94. The van der Waals surface area contributed by atoms with E-state index in [4.69, 9.17) is 27.8 Å². The van der Waals surface area contributed by atoms with E-state index >= 15 is 0 Å². The Morgan fingerprint density at radius 3 is 2.43 bits per heavy atom. The smallest absolute Gasteiger partial charge is 0.337 e.